The lowest BCUT2D eigenvalue weighted by Gasteiger charge is -2.14. The molecule has 0 saturated carbocycles. The summed E-state index contributed by atoms with van der Waals surface area (Å²) in [5.41, 5.74) is 1.01. The average molecular weight is 466 g/mol. The first-order valence-corrected chi connectivity index (χ1v) is 8.39. The van der Waals surface area contributed by atoms with Gasteiger partial charge in [-0.1, -0.05) is 13.0 Å². The van der Waals surface area contributed by atoms with E-state index >= 15 is 0 Å². The number of methoxy groups -OCH3 is 1. The lowest BCUT2D eigenvalue weighted by atomic mass is 10.2. The van der Waals surface area contributed by atoms with Crippen molar-refractivity contribution < 1.29 is 14.2 Å². The Labute approximate surface area is 168 Å². The van der Waals surface area contributed by atoms with Crippen LogP contribution in [0.3, 0.4) is 0 Å². The van der Waals surface area contributed by atoms with Crippen molar-refractivity contribution in [2.24, 2.45) is 4.99 Å². The molecule has 0 fully saturated rings. The van der Waals surface area contributed by atoms with Crippen molar-refractivity contribution in [1.29, 1.82) is 0 Å². The SMILES string of the molecule is CCCOc1ncccc1CNC(=NC)NCCCOCCOC.I. The first-order valence-electron chi connectivity index (χ1n) is 8.39. The average Bonchev–Trinajstić information content (AvgIpc) is 2.62. The summed E-state index contributed by atoms with van der Waals surface area (Å²) in [6, 6.07) is 3.91. The van der Waals surface area contributed by atoms with Crippen LogP contribution < -0.4 is 15.4 Å². The predicted octanol–water partition coefficient (Wildman–Crippen LogP) is 2.21. The normalized spacial score (nSPS) is 10.9. The lowest BCUT2D eigenvalue weighted by molar-refractivity contribution is 0.0698. The molecule has 1 aromatic rings. The summed E-state index contributed by atoms with van der Waals surface area (Å²) in [6.07, 6.45) is 3.60. The van der Waals surface area contributed by atoms with E-state index in [4.69, 9.17) is 14.2 Å². The minimum absolute atomic E-state index is 0. The van der Waals surface area contributed by atoms with Gasteiger partial charge in [0.1, 0.15) is 0 Å². The molecule has 2 N–H and O–H groups in total. The first kappa shape index (κ1) is 23.9. The number of nitrogens with one attached hydrogen (secondary N) is 2. The molecule has 0 saturated heterocycles. The van der Waals surface area contributed by atoms with Crippen molar-refractivity contribution in [1.82, 2.24) is 15.6 Å². The summed E-state index contributed by atoms with van der Waals surface area (Å²) < 4.78 is 16.0. The van der Waals surface area contributed by atoms with Crippen LogP contribution in [-0.4, -0.2) is 58.1 Å². The number of ether oxygens (including phenoxy) is 3. The molecular weight excluding hydrogens is 435 g/mol. The summed E-state index contributed by atoms with van der Waals surface area (Å²) in [5.74, 6) is 1.42. The molecule has 0 atom stereocenters. The van der Waals surface area contributed by atoms with Crippen LogP contribution in [-0.2, 0) is 16.0 Å². The van der Waals surface area contributed by atoms with Gasteiger partial charge in [-0.25, -0.2) is 4.98 Å². The standard InChI is InChI=1S/C17H30N4O3.HI/c1-4-10-24-16-15(7-5-8-19-16)14-21-17(18-2)20-9-6-11-23-13-12-22-3;/h5,7-8H,4,6,9-14H2,1-3H3,(H2,18,20,21);1H. The molecular formula is C17H31IN4O3. The van der Waals surface area contributed by atoms with E-state index in [0.717, 1.165) is 30.9 Å². The van der Waals surface area contributed by atoms with E-state index in [-0.39, 0.29) is 24.0 Å². The van der Waals surface area contributed by atoms with Crippen LogP contribution >= 0.6 is 24.0 Å². The van der Waals surface area contributed by atoms with Crippen LogP contribution in [0.1, 0.15) is 25.3 Å². The van der Waals surface area contributed by atoms with E-state index in [0.29, 0.717) is 38.9 Å². The smallest absolute Gasteiger partial charge is 0.218 e. The summed E-state index contributed by atoms with van der Waals surface area (Å²) >= 11 is 0. The van der Waals surface area contributed by atoms with Crippen molar-refractivity contribution >= 4 is 29.9 Å². The fourth-order valence-corrected chi connectivity index (χ4v) is 1.91. The number of halogens is 1. The Morgan fingerprint density at radius 2 is 2.04 bits per heavy atom. The van der Waals surface area contributed by atoms with Crippen molar-refractivity contribution in [3.63, 3.8) is 0 Å². The molecule has 25 heavy (non-hydrogen) atoms. The minimum atomic E-state index is 0. The maximum Gasteiger partial charge on any atom is 0.218 e. The zero-order chi connectivity index (χ0) is 17.5. The molecule has 0 aromatic carbocycles. The van der Waals surface area contributed by atoms with E-state index in [2.05, 4.69) is 27.5 Å². The molecule has 0 radical (unpaired) electrons. The Hall–Kier alpha value is -1.13. The van der Waals surface area contributed by atoms with Crippen molar-refractivity contribution in [3.8, 4) is 5.88 Å². The van der Waals surface area contributed by atoms with Crippen LogP contribution in [0.2, 0.25) is 0 Å². The van der Waals surface area contributed by atoms with Crippen LogP contribution in [0.25, 0.3) is 0 Å². The van der Waals surface area contributed by atoms with Gasteiger partial charge < -0.3 is 24.8 Å². The molecule has 0 aliphatic rings. The maximum atomic E-state index is 5.66. The number of pyridine rings is 1. The molecule has 0 unspecified atom stereocenters. The molecule has 0 amide bonds. The summed E-state index contributed by atoms with van der Waals surface area (Å²) in [5, 5.41) is 6.53. The highest BCUT2D eigenvalue weighted by Gasteiger charge is 2.05. The summed E-state index contributed by atoms with van der Waals surface area (Å²) in [6.45, 7) is 6.10. The Morgan fingerprint density at radius 3 is 2.76 bits per heavy atom. The Balaban J connectivity index is 0.00000576. The van der Waals surface area contributed by atoms with Crippen LogP contribution in [0, 0.1) is 0 Å². The Morgan fingerprint density at radius 1 is 1.20 bits per heavy atom. The van der Waals surface area contributed by atoms with Gasteiger partial charge in [0.05, 0.1) is 19.8 Å². The molecule has 8 heteroatoms. The summed E-state index contributed by atoms with van der Waals surface area (Å²) in [4.78, 5) is 8.50. The van der Waals surface area contributed by atoms with Crippen molar-refractivity contribution in [2.75, 3.05) is 47.1 Å². The largest absolute Gasteiger partial charge is 0.477 e. The number of hydrogen-bond acceptors (Lipinski definition) is 5. The number of rotatable bonds is 12. The number of hydrogen-bond donors (Lipinski definition) is 2. The van der Waals surface area contributed by atoms with Gasteiger partial charge in [0, 0.05) is 45.6 Å². The van der Waals surface area contributed by atoms with E-state index in [1.165, 1.54) is 0 Å². The summed E-state index contributed by atoms with van der Waals surface area (Å²) in [7, 11) is 3.42. The van der Waals surface area contributed by atoms with Gasteiger partial charge in [0.2, 0.25) is 5.88 Å². The third-order valence-electron chi connectivity index (χ3n) is 3.15. The van der Waals surface area contributed by atoms with Crippen LogP contribution in [0.15, 0.2) is 23.3 Å². The molecule has 1 aromatic heterocycles. The Bertz CT molecular complexity index is 475. The lowest BCUT2D eigenvalue weighted by Crippen LogP contribution is -2.37. The van der Waals surface area contributed by atoms with Gasteiger partial charge in [-0.15, -0.1) is 24.0 Å². The molecule has 0 bridgehead atoms. The molecule has 0 aliphatic carbocycles. The van der Waals surface area contributed by atoms with Gasteiger partial charge in [0.15, 0.2) is 5.96 Å². The molecule has 0 aliphatic heterocycles. The van der Waals surface area contributed by atoms with Crippen molar-refractivity contribution in [3.05, 3.63) is 23.9 Å². The van der Waals surface area contributed by atoms with E-state index < -0.39 is 0 Å². The van der Waals surface area contributed by atoms with Gasteiger partial charge in [0.25, 0.3) is 0 Å². The fourth-order valence-electron chi connectivity index (χ4n) is 1.91. The number of aromatic nitrogens is 1. The monoisotopic (exact) mass is 466 g/mol. The maximum absolute atomic E-state index is 5.66. The second-order valence-electron chi connectivity index (χ2n) is 5.13. The second-order valence-corrected chi connectivity index (χ2v) is 5.13. The molecule has 144 valence electrons. The topological polar surface area (TPSA) is 77.0 Å². The van der Waals surface area contributed by atoms with Gasteiger partial charge in [-0.2, -0.15) is 0 Å². The highest BCUT2D eigenvalue weighted by atomic mass is 127. The van der Waals surface area contributed by atoms with Crippen LogP contribution in [0.4, 0.5) is 0 Å². The zero-order valence-corrected chi connectivity index (χ0v) is 17.7. The first-order chi connectivity index (χ1) is 11.8. The molecule has 0 spiro atoms. The third kappa shape index (κ3) is 11.2. The second kappa shape index (κ2) is 16.3. The van der Waals surface area contributed by atoms with Crippen LogP contribution in [0.5, 0.6) is 5.88 Å². The van der Waals surface area contributed by atoms with E-state index in [1.807, 2.05) is 12.1 Å². The Kier molecular flexibility index (Phi) is 15.6. The molecule has 7 nitrogen and oxygen atoms in total. The highest BCUT2D eigenvalue weighted by Crippen LogP contribution is 2.13. The van der Waals surface area contributed by atoms with Gasteiger partial charge >= 0.3 is 0 Å². The van der Waals surface area contributed by atoms with Gasteiger partial charge in [-0.3, -0.25) is 4.99 Å². The fraction of sp³-hybridized carbons (Fsp3) is 0.647. The quantitative estimate of drug-likeness (QED) is 0.213. The minimum Gasteiger partial charge on any atom is -0.477 e. The van der Waals surface area contributed by atoms with E-state index in [9.17, 15) is 0 Å². The predicted molar refractivity (Wildman–Crippen MR) is 111 cm³/mol. The van der Waals surface area contributed by atoms with E-state index in [1.54, 1.807) is 20.4 Å². The molecule has 1 rings (SSSR count). The number of guanidine groups is 1. The van der Waals surface area contributed by atoms with Gasteiger partial charge in [-0.05, 0) is 18.9 Å². The third-order valence-corrected chi connectivity index (χ3v) is 3.15. The zero-order valence-electron chi connectivity index (χ0n) is 15.4. The molecule has 1 heterocycles. The number of aliphatic imine (C=N–C) groups is 1. The number of nitrogens with zero attached hydrogens (tertiary/aromatic N) is 2. The van der Waals surface area contributed by atoms with Crippen molar-refractivity contribution in [2.45, 2.75) is 26.3 Å². The highest BCUT2D eigenvalue weighted by molar-refractivity contribution is 14.0.